The van der Waals surface area contributed by atoms with Crippen LogP contribution < -0.4 is 11.5 Å². The smallest absolute Gasteiger partial charge is 0.126 e. The fourth-order valence-corrected chi connectivity index (χ4v) is 0.465. The number of ketones is 1. The Bertz CT molecular complexity index is 76.2. The molecule has 0 rings (SSSR count). The molecule has 0 spiro atoms. The van der Waals surface area contributed by atoms with Crippen LogP contribution in [0, 0.1) is 0 Å². The van der Waals surface area contributed by atoms with Crippen LogP contribution in [0.25, 0.3) is 0 Å². The Labute approximate surface area is 69.1 Å². The quantitative estimate of drug-likeness (QED) is 0.594. The summed E-state index contributed by atoms with van der Waals surface area (Å²) in [6.07, 6.45) is 3.43. The maximum atomic E-state index is 9.44. The van der Waals surface area contributed by atoms with Crippen molar-refractivity contribution < 1.29 is 4.79 Å². The van der Waals surface area contributed by atoms with E-state index in [-0.39, 0.29) is 5.78 Å². The summed E-state index contributed by atoms with van der Waals surface area (Å²) in [6, 6.07) is 0. The van der Waals surface area contributed by atoms with E-state index in [9.17, 15) is 4.79 Å². The molecule has 3 heteroatoms. The number of hydrogen-bond acceptors (Lipinski definition) is 3. The van der Waals surface area contributed by atoms with Crippen LogP contribution in [0.2, 0.25) is 0 Å². The molecule has 0 aromatic heterocycles. The number of hydrogen-bond donors (Lipinski definition) is 2. The van der Waals surface area contributed by atoms with Crippen LogP contribution in [0.15, 0.2) is 0 Å². The molecule has 0 bridgehead atoms. The van der Waals surface area contributed by atoms with Gasteiger partial charge < -0.3 is 16.3 Å². The Kier molecular flexibility index (Phi) is 14.7. The van der Waals surface area contributed by atoms with Crippen LogP contribution in [0.3, 0.4) is 0 Å². The molecule has 0 aromatic carbocycles. The molecule has 0 atom stereocenters. The third-order valence-electron chi connectivity index (χ3n) is 0.908. The zero-order valence-electron chi connectivity index (χ0n) is 7.60. The van der Waals surface area contributed by atoms with Crippen molar-refractivity contribution in [1.82, 2.24) is 0 Å². The van der Waals surface area contributed by atoms with E-state index in [4.69, 9.17) is 11.5 Å². The lowest BCUT2D eigenvalue weighted by Crippen LogP contribution is -2.02. The van der Waals surface area contributed by atoms with E-state index < -0.39 is 0 Å². The minimum atomic E-state index is 0.167. The maximum absolute atomic E-state index is 9.44. The third kappa shape index (κ3) is 42.9. The van der Waals surface area contributed by atoms with Gasteiger partial charge in [-0.25, -0.2) is 0 Å². The van der Waals surface area contributed by atoms with Gasteiger partial charge in [-0.2, -0.15) is 0 Å². The molecule has 0 fully saturated rings. The van der Waals surface area contributed by atoms with Crippen LogP contribution in [0.5, 0.6) is 0 Å². The van der Waals surface area contributed by atoms with E-state index in [1.54, 1.807) is 0 Å². The molecule has 0 heterocycles. The van der Waals surface area contributed by atoms with Gasteiger partial charge in [0, 0.05) is 0 Å². The van der Waals surface area contributed by atoms with Gasteiger partial charge in [0.15, 0.2) is 0 Å². The lowest BCUT2D eigenvalue weighted by atomic mass is 10.2. The van der Waals surface area contributed by atoms with Gasteiger partial charge in [0.05, 0.1) is 0 Å². The third-order valence-corrected chi connectivity index (χ3v) is 0.908. The van der Waals surface area contributed by atoms with Gasteiger partial charge in [-0.1, -0.05) is 6.42 Å². The summed E-state index contributed by atoms with van der Waals surface area (Å²) >= 11 is 0. The van der Waals surface area contributed by atoms with Gasteiger partial charge >= 0.3 is 0 Å². The van der Waals surface area contributed by atoms with Gasteiger partial charge in [-0.05, 0) is 39.8 Å². The lowest BCUT2D eigenvalue weighted by Gasteiger charge is -1.91. The lowest BCUT2D eigenvalue weighted by molar-refractivity contribution is -0.114. The van der Waals surface area contributed by atoms with Crippen LogP contribution in [0.1, 0.15) is 33.1 Å². The second-order valence-corrected chi connectivity index (χ2v) is 2.55. The second kappa shape index (κ2) is 12.3. The van der Waals surface area contributed by atoms with Crippen molar-refractivity contribution in [3.05, 3.63) is 0 Å². The largest absolute Gasteiger partial charge is 0.330 e. The molecule has 0 aliphatic rings. The standard InChI is InChI=1S/C5H14N2.C3H6O/c6-4-2-1-3-5-7;1-3(2)4/h1-7H2;1-2H3. The zero-order valence-corrected chi connectivity index (χ0v) is 7.60. The SMILES string of the molecule is CC(C)=O.NCCCCCN. The van der Waals surface area contributed by atoms with Crippen LogP contribution in [-0.4, -0.2) is 18.9 Å². The summed E-state index contributed by atoms with van der Waals surface area (Å²) in [7, 11) is 0. The summed E-state index contributed by atoms with van der Waals surface area (Å²) in [6.45, 7) is 4.67. The van der Waals surface area contributed by atoms with Crippen molar-refractivity contribution in [2.24, 2.45) is 11.5 Å². The highest BCUT2D eigenvalue weighted by Gasteiger charge is 1.80. The fourth-order valence-electron chi connectivity index (χ4n) is 0.465. The first-order chi connectivity index (χ1) is 5.15. The van der Waals surface area contributed by atoms with Gasteiger partial charge in [0.25, 0.3) is 0 Å². The highest BCUT2D eigenvalue weighted by Crippen LogP contribution is 1.88. The number of carbonyl (C=O) groups is 1. The number of carbonyl (C=O) groups excluding carboxylic acids is 1. The highest BCUT2D eigenvalue weighted by molar-refractivity contribution is 5.72. The van der Waals surface area contributed by atoms with Crippen molar-refractivity contribution in [2.45, 2.75) is 33.1 Å². The summed E-state index contributed by atoms with van der Waals surface area (Å²) < 4.78 is 0. The molecule has 0 unspecified atom stereocenters. The summed E-state index contributed by atoms with van der Waals surface area (Å²) in [5.41, 5.74) is 10.5. The van der Waals surface area contributed by atoms with Gasteiger partial charge in [-0.15, -0.1) is 0 Å². The van der Waals surface area contributed by atoms with Crippen molar-refractivity contribution in [1.29, 1.82) is 0 Å². The Morgan fingerprint density at radius 2 is 1.27 bits per heavy atom. The molecule has 68 valence electrons. The first kappa shape index (κ1) is 13.2. The van der Waals surface area contributed by atoms with Gasteiger partial charge in [-0.3, -0.25) is 0 Å². The Balaban J connectivity index is 0. The molecule has 0 saturated heterocycles. The summed E-state index contributed by atoms with van der Waals surface area (Å²) in [5, 5.41) is 0. The van der Waals surface area contributed by atoms with Crippen LogP contribution >= 0.6 is 0 Å². The average Bonchev–Trinajstić information content (AvgIpc) is 1.88. The molecule has 11 heavy (non-hydrogen) atoms. The summed E-state index contributed by atoms with van der Waals surface area (Å²) in [5.74, 6) is 0.167. The minimum Gasteiger partial charge on any atom is -0.330 e. The first-order valence-electron chi connectivity index (χ1n) is 4.02. The Hall–Kier alpha value is -0.410. The zero-order chi connectivity index (χ0) is 9.11. The average molecular weight is 160 g/mol. The molecule has 0 aliphatic carbocycles. The Morgan fingerprint density at radius 3 is 1.45 bits per heavy atom. The molecule has 3 nitrogen and oxygen atoms in total. The molecular weight excluding hydrogens is 140 g/mol. The molecule has 0 aliphatic heterocycles. The minimum absolute atomic E-state index is 0.167. The van der Waals surface area contributed by atoms with E-state index in [0.29, 0.717) is 0 Å². The number of unbranched alkanes of at least 4 members (excludes halogenated alkanes) is 2. The van der Waals surface area contributed by atoms with E-state index in [1.165, 1.54) is 20.3 Å². The molecule has 0 amide bonds. The number of rotatable bonds is 4. The van der Waals surface area contributed by atoms with E-state index in [2.05, 4.69) is 0 Å². The predicted octanol–water partition coefficient (Wildman–Crippen LogP) is 0.669. The Morgan fingerprint density at radius 1 is 1.00 bits per heavy atom. The second-order valence-electron chi connectivity index (χ2n) is 2.55. The van der Waals surface area contributed by atoms with Gasteiger partial charge in [0.1, 0.15) is 5.78 Å². The summed E-state index contributed by atoms with van der Waals surface area (Å²) in [4.78, 5) is 9.44. The van der Waals surface area contributed by atoms with Crippen molar-refractivity contribution in [3.8, 4) is 0 Å². The van der Waals surface area contributed by atoms with Crippen molar-refractivity contribution >= 4 is 5.78 Å². The molecule has 0 aromatic rings. The van der Waals surface area contributed by atoms with Gasteiger partial charge in [0.2, 0.25) is 0 Å². The number of nitrogens with two attached hydrogens (primary N) is 2. The van der Waals surface area contributed by atoms with E-state index >= 15 is 0 Å². The first-order valence-corrected chi connectivity index (χ1v) is 4.02. The normalized spacial score (nSPS) is 8.36. The monoisotopic (exact) mass is 160 g/mol. The fraction of sp³-hybridized carbons (Fsp3) is 0.875. The van der Waals surface area contributed by atoms with Crippen molar-refractivity contribution in [3.63, 3.8) is 0 Å². The predicted molar refractivity (Wildman–Crippen MR) is 48.3 cm³/mol. The molecule has 4 N–H and O–H groups in total. The van der Waals surface area contributed by atoms with Crippen molar-refractivity contribution in [2.75, 3.05) is 13.1 Å². The molecular formula is C8H20N2O. The van der Waals surface area contributed by atoms with Crippen LogP contribution in [-0.2, 0) is 4.79 Å². The number of Topliss-reactive ketones (excluding diaryl/α,β-unsaturated/α-hetero) is 1. The topological polar surface area (TPSA) is 69.1 Å². The molecule has 0 radical (unpaired) electrons. The van der Waals surface area contributed by atoms with Crippen LogP contribution in [0.4, 0.5) is 0 Å². The van der Waals surface area contributed by atoms with E-state index in [0.717, 1.165) is 25.9 Å². The van der Waals surface area contributed by atoms with E-state index in [1.807, 2.05) is 0 Å². The maximum Gasteiger partial charge on any atom is 0.126 e. The highest BCUT2D eigenvalue weighted by atomic mass is 16.1. The molecule has 0 saturated carbocycles.